The van der Waals surface area contributed by atoms with Crippen LogP contribution in [0.5, 0.6) is 0 Å². The molecule has 4 nitrogen and oxygen atoms in total. The van der Waals surface area contributed by atoms with Crippen LogP contribution in [0.2, 0.25) is 0 Å². The predicted octanol–water partition coefficient (Wildman–Crippen LogP) is 0.301. The molecule has 2 rings (SSSR count). The molecule has 1 atom stereocenters. The Kier molecular flexibility index (Phi) is 1.98. The van der Waals surface area contributed by atoms with Crippen molar-refractivity contribution in [3.63, 3.8) is 0 Å². The quantitative estimate of drug-likeness (QED) is 0.661. The fraction of sp³-hybridized carbons (Fsp3) is 0.333. The van der Waals surface area contributed by atoms with Gasteiger partial charge in [0.15, 0.2) is 0 Å². The van der Waals surface area contributed by atoms with Crippen molar-refractivity contribution in [2.24, 2.45) is 9.98 Å². The Morgan fingerprint density at radius 2 is 2.38 bits per heavy atom. The molecule has 2 heterocycles. The van der Waals surface area contributed by atoms with Crippen LogP contribution in [-0.2, 0) is 4.74 Å². The van der Waals surface area contributed by atoms with Gasteiger partial charge in [0.05, 0.1) is 19.4 Å². The van der Waals surface area contributed by atoms with Crippen LogP contribution in [0.1, 0.15) is 0 Å². The molecule has 2 aliphatic rings. The van der Waals surface area contributed by atoms with Crippen LogP contribution < -0.4 is 0 Å². The van der Waals surface area contributed by atoms with E-state index in [4.69, 9.17) is 9.84 Å². The van der Waals surface area contributed by atoms with E-state index in [9.17, 15) is 0 Å². The van der Waals surface area contributed by atoms with Crippen molar-refractivity contribution in [3.05, 3.63) is 23.6 Å². The van der Waals surface area contributed by atoms with Gasteiger partial charge in [-0.2, -0.15) is 0 Å². The fourth-order valence-electron chi connectivity index (χ4n) is 1.34. The Morgan fingerprint density at radius 3 is 3.08 bits per heavy atom. The first-order chi connectivity index (χ1) is 6.33. The molecule has 0 fully saturated rings. The molecule has 0 amide bonds. The Balaban J connectivity index is 2.26. The zero-order valence-electron chi connectivity index (χ0n) is 7.27. The highest BCUT2D eigenvalue weighted by Crippen LogP contribution is 2.21. The van der Waals surface area contributed by atoms with E-state index >= 15 is 0 Å². The van der Waals surface area contributed by atoms with E-state index in [0.717, 1.165) is 5.57 Å². The van der Waals surface area contributed by atoms with Crippen LogP contribution in [-0.4, -0.2) is 36.8 Å². The maximum Gasteiger partial charge on any atom is 0.213 e. The maximum atomic E-state index is 8.86. The number of methoxy groups -OCH3 is 1. The van der Waals surface area contributed by atoms with Crippen LogP contribution in [0.4, 0.5) is 0 Å². The van der Waals surface area contributed by atoms with E-state index in [1.165, 1.54) is 0 Å². The van der Waals surface area contributed by atoms with Crippen molar-refractivity contribution in [3.8, 4) is 0 Å². The lowest BCUT2D eigenvalue weighted by molar-refractivity contribution is 0.287. The molecule has 0 aromatic carbocycles. The van der Waals surface area contributed by atoms with Gasteiger partial charge in [-0.15, -0.1) is 0 Å². The van der Waals surface area contributed by atoms with Crippen LogP contribution >= 0.6 is 0 Å². The van der Waals surface area contributed by atoms with Crippen LogP contribution in [0.25, 0.3) is 0 Å². The zero-order chi connectivity index (χ0) is 9.26. The number of ether oxygens (including phenoxy) is 1. The third-order valence-corrected chi connectivity index (χ3v) is 1.98. The van der Waals surface area contributed by atoms with Gasteiger partial charge in [0.25, 0.3) is 0 Å². The molecular weight excluding hydrogens is 168 g/mol. The van der Waals surface area contributed by atoms with Crippen molar-refractivity contribution in [1.29, 1.82) is 0 Å². The minimum Gasteiger partial charge on any atom is -0.481 e. The molecule has 0 radical (unpaired) electrons. The Morgan fingerprint density at radius 1 is 1.54 bits per heavy atom. The second-order valence-corrected chi connectivity index (χ2v) is 2.83. The second kappa shape index (κ2) is 3.14. The van der Waals surface area contributed by atoms with Crippen LogP contribution in [0.15, 0.2) is 33.6 Å². The molecule has 2 aliphatic heterocycles. The van der Waals surface area contributed by atoms with Gasteiger partial charge in [-0.3, -0.25) is 4.99 Å². The number of hydrogen-bond donors (Lipinski definition) is 1. The molecule has 4 heteroatoms. The van der Waals surface area contributed by atoms with Gasteiger partial charge in [-0.25, -0.2) is 4.99 Å². The van der Waals surface area contributed by atoms with E-state index in [1.54, 1.807) is 13.3 Å². The summed E-state index contributed by atoms with van der Waals surface area (Å²) in [6.45, 7) is -0.0238. The molecule has 0 saturated carbocycles. The van der Waals surface area contributed by atoms with Gasteiger partial charge in [0.1, 0.15) is 6.04 Å². The van der Waals surface area contributed by atoms with Crippen molar-refractivity contribution in [2.45, 2.75) is 6.04 Å². The van der Waals surface area contributed by atoms with E-state index < -0.39 is 0 Å². The predicted molar refractivity (Wildman–Crippen MR) is 50.0 cm³/mol. The third kappa shape index (κ3) is 1.40. The SMILES string of the molecule is COC1=CC2=CC(CO)=N[C@@H]2C=N1. The van der Waals surface area contributed by atoms with E-state index in [0.29, 0.717) is 11.6 Å². The number of nitrogens with zero attached hydrogens (tertiary/aromatic N) is 2. The number of aliphatic hydroxyl groups is 1. The number of rotatable bonds is 2. The summed E-state index contributed by atoms with van der Waals surface area (Å²) in [7, 11) is 1.58. The summed E-state index contributed by atoms with van der Waals surface area (Å²) in [6.07, 6.45) is 5.40. The molecule has 0 aromatic rings. The molecule has 0 aliphatic carbocycles. The standard InChI is InChI=1S/C9H10N2O2/c1-13-9-3-6-2-7(5-12)11-8(6)4-10-9/h2-4,8,12H,5H2,1H3/t8-/m1/s1. The van der Waals surface area contributed by atoms with Gasteiger partial charge in [-0.05, 0) is 11.6 Å². The first-order valence-electron chi connectivity index (χ1n) is 4.02. The highest BCUT2D eigenvalue weighted by molar-refractivity contribution is 6.02. The van der Waals surface area contributed by atoms with Gasteiger partial charge in [0.2, 0.25) is 5.88 Å². The third-order valence-electron chi connectivity index (χ3n) is 1.98. The largest absolute Gasteiger partial charge is 0.481 e. The highest BCUT2D eigenvalue weighted by Gasteiger charge is 2.20. The smallest absolute Gasteiger partial charge is 0.213 e. The molecule has 0 unspecified atom stereocenters. The highest BCUT2D eigenvalue weighted by atomic mass is 16.5. The monoisotopic (exact) mass is 178 g/mol. The minimum atomic E-state index is -0.0268. The van der Waals surface area contributed by atoms with Crippen molar-refractivity contribution in [2.75, 3.05) is 13.7 Å². The van der Waals surface area contributed by atoms with Gasteiger partial charge in [-0.1, -0.05) is 0 Å². The van der Waals surface area contributed by atoms with Gasteiger partial charge in [0, 0.05) is 12.3 Å². The lowest BCUT2D eigenvalue weighted by atomic mass is 10.1. The summed E-state index contributed by atoms with van der Waals surface area (Å²) in [4.78, 5) is 8.27. The number of fused-ring (bicyclic) bond motifs is 1. The summed E-state index contributed by atoms with van der Waals surface area (Å²) >= 11 is 0. The molecule has 0 aromatic heterocycles. The lowest BCUT2D eigenvalue weighted by Gasteiger charge is -2.10. The normalized spacial score (nSPS) is 24.8. The summed E-state index contributed by atoms with van der Waals surface area (Å²) in [5, 5.41) is 8.86. The molecule has 1 N–H and O–H groups in total. The number of aliphatic imine (C=N–C) groups is 2. The van der Waals surface area contributed by atoms with Crippen LogP contribution in [0, 0.1) is 0 Å². The fourth-order valence-corrected chi connectivity index (χ4v) is 1.34. The topological polar surface area (TPSA) is 54.2 Å². The minimum absolute atomic E-state index is 0.0238. The van der Waals surface area contributed by atoms with Crippen molar-refractivity contribution >= 4 is 11.9 Å². The van der Waals surface area contributed by atoms with E-state index in [2.05, 4.69) is 9.98 Å². The van der Waals surface area contributed by atoms with Gasteiger partial charge >= 0.3 is 0 Å². The lowest BCUT2D eigenvalue weighted by Crippen LogP contribution is -2.10. The van der Waals surface area contributed by atoms with Gasteiger partial charge < -0.3 is 9.84 Å². The summed E-state index contributed by atoms with van der Waals surface area (Å²) < 4.78 is 4.98. The van der Waals surface area contributed by atoms with E-state index in [-0.39, 0.29) is 12.6 Å². The summed E-state index contributed by atoms with van der Waals surface area (Å²) in [6, 6.07) is -0.0268. The number of aliphatic hydroxyl groups excluding tert-OH is 1. The summed E-state index contributed by atoms with van der Waals surface area (Å²) in [5.41, 5.74) is 1.72. The maximum absolute atomic E-state index is 8.86. The Bertz CT molecular complexity index is 340. The molecular formula is C9H10N2O2. The molecule has 0 spiro atoms. The second-order valence-electron chi connectivity index (χ2n) is 2.83. The zero-order valence-corrected chi connectivity index (χ0v) is 7.27. The molecule has 68 valence electrons. The summed E-state index contributed by atoms with van der Waals surface area (Å²) in [5.74, 6) is 0.580. The molecule has 0 bridgehead atoms. The average molecular weight is 178 g/mol. The van der Waals surface area contributed by atoms with Crippen molar-refractivity contribution in [1.82, 2.24) is 0 Å². The average Bonchev–Trinajstić information content (AvgIpc) is 2.58. The molecule has 13 heavy (non-hydrogen) atoms. The Labute approximate surface area is 76.0 Å². The number of hydrogen-bond acceptors (Lipinski definition) is 4. The van der Waals surface area contributed by atoms with E-state index in [1.807, 2.05) is 12.2 Å². The molecule has 0 saturated heterocycles. The van der Waals surface area contributed by atoms with Crippen molar-refractivity contribution < 1.29 is 9.84 Å². The Hall–Kier alpha value is -1.42. The first-order valence-corrected chi connectivity index (χ1v) is 4.02. The van der Waals surface area contributed by atoms with Crippen LogP contribution in [0.3, 0.4) is 0 Å². The first kappa shape index (κ1) is 8.19.